The Bertz CT molecular complexity index is 1500. The zero-order valence-corrected chi connectivity index (χ0v) is 22.6. The van der Waals surface area contributed by atoms with Crippen LogP contribution in [-0.2, 0) is 17.8 Å². The molecular formula is C33H36N4O. The first-order valence-electron chi connectivity index (χ1n) is 13.7. The van der Waals surface area contributed by atoms with Crippen molar-refractivity contribution in [3.63, 3.8) is 0 Å². The summed E-state index contributed by atoms with van der Waals surface area (Å²) in [6.07, 6.45) is 7.79. The average Bonchev–Trinajstić information content (AvgIpc) is 3.55. The number of fused-ring (bicyclic) bond motifs is 2. The van der Waals surface area contributed by atoms with Gasteiger partial charge in [0, 0.05) is 74.6 Å². The predicted octanol–water partition coefficient (Wildman–Crippen LogP) is 6.30. The van der Waals surface area contributed by atoms with Crippen molar-refractivity contribution in [2.45, 2.75) is 40.2 Å². The van der Waals surface area contributed by atoms with Gasteiger partial charge in [0.05, 0.1) is 5.69 Å². The highest BCUT2D eigenvalue weighted by Crippen LogP contribution is 2.35. The van der Waals surface area contributed by atoms with Gasteiger partial charge in [0.1, 0.15) is 0 Å². The second kappa shape index (κ2) is 9.88. The van der Waals surface area contributed by atoms with E-state index in [9.17, 15) is 4.79 Å². The summed E-state index contributed by atoms with van der Waals surface area (Å²) in [5, 5.41) is 1.23. The molecule has 4 aromatic rings. The van der Waals surface area contributed by atoms with Crippen LogP contribution in [0.5, 0.6) is 0 Å². The van der Waals surface area contributed by atoms with Gasteiger partial charge in [-0.25, -0.2) is 0 Å². The fourth-order valence-corrected chi connectivity index (χ4v) is 5.63. The Labute approximate surface area is 225 Å². The number of nitrogens with zero attached hydrogens (tertiary/aromatic N) is 3. The Balaban J connectivity index is 1.11. The van der Waals surface area contributed by atoms with Gasteiger partial charge in [-0.1, -0.05) is 57.2 Å². The molecule has 1 aliphatic heterocycles. The van der Waals surface area contributed by atoms with Crippen LogP contribution >= 0.6 is 0 Å². The summed E-state index contributed by atoms with van der Waals surface area (Å²) in [6, 6.07) is 19.9. The van der Waals surface area contributed by atoms with Crippen molar-refractivity contribution < 1.29 is 4.79 Å². The summed E-state index contributed by atoms with van der Waals surface area (Å²) in [5.41, 5.74) is 9.74. The van der Waals surface area contributed by atoms with Gasteiger partial charge in [0.15, 0.2) is 0 Å². The maximum Gasteiger partial charge on any atom is 0.223 e. The molecule has 38 heavy (non-hydrogen) atoms. The van der Waals surface area contributed by atoms with Gasteiger partial charge in [-0.05, 0) is 57.3 Å². The van der Waals surface area contributed by atoms with Crippen molar-refractivity contribution in [1.29, 1.82) is 0 Å². The topological polar surface area (TPSA) is 52.2 Å². The number of amides is 1. The zero-order valence-electron chi connectivity index (χ0n) is 22.6. The molecule has 0 spiro atoms. The number of carbonyl (C=O) groups excluding carboxylic acids is 1. The van der Waals surface area contributed by atoms with Gasteiger partial charge >= 0.3 is 0 Å². The van der Waals surface area contributed by atoms with Crippen molar-refractivity contribution in [3.8, 4) is 11.1 Å². The number of carbonyl (C=O) groups is 1. The van der Waals surface area contributed by atoms with Crippen LogP contribution in [0.15, 0.2) is 73.1 Å². The summed E-state index contributed by atoms with van der Waals surface area (Å²) in [7, 11) is 0. The Morgan fingerprint density at radius 2 is 1.68 bits per heavy atom. The number of aromatic nitrogens is 2. The third-order valence-electron chi connectivity index (χ3n) is 7.72. The van der Waals surface area contributed by atoms with Crippen LogP contribution in [0.2, 0.25) is 0 Å². The van der Waals surface area contributed by atoms with E-state index in [1.54, 1.807) is 0 Å². The van der Waals surface area contributed by atoms with Crippen LogP contribution in [0.3, 0.4) is 0 Å². The number of hydrogen-bond donors (Lipinski definition) is 1. The second-order valence-corrected chi connectivity index (χ2v) is 11.9. The predicted molar refractivity (Wildman–Crippen MR) is 155 cm³/mol. The third-order valence-corrected chi connectivity index (χ3v) is 7.72. The fourth-order valence-electron chi connectivity index (χ4n) is 5.63. The minimum Gasteiger partial charge on any atom is -0.361 e. The van der Waals surface area contributed by atoms with E-state index < -0.39 is 0 Å². The summed E-state index contributed by atoms with van der Waals surface area (Å²) in [5.74, 6) is 0.285. The van der Waals surface area contributed by atoms with E-state index in [4.69, 9.17) is 4.98 Å². The third kappa shape index (κ3) is 5.16. The standard InChI is InChI=1S/C33H36N4O/c1-33(2,3)20-32(38)37-16-14-36(15-17-37)22-23-4-6-24(7-5-23)27-19-29-28(9-11-31(29)35-21-27)25-8-10-30-26(18-25)12-13-34-30/h4-10,12-13,18-19,21,34H,11,14-17,20,22H2,1-3H3. The molecule has 0 saturated carbocycles. The molecule has 6 rings (SSSR count). The highest BCUT2D eigenvalue weighted by Gasteiger charge is 2.25. The smallest absolute Gasteiger partial charge is 0.223 e. The molecule has 3 heterocycles. The summed E-state index contributed by atoms with van der Waals surface area (Å²) >= 11 is 0. The number of allylic oxidation sites excluding steroid dienone is 1. The number of benzene rings is 2. The van der Waals surface area contributed by atoms with Crippen LogP contribution in [0.1, 0.15) is 49.6 Å². The van der Waals surface area contributed by atoms with E-state index >= 15 is 0 Å². The van der Waals surface area contributed by atoms with Crippen molar-refractivity contribution in [1.82, 2.24) is 19.8 Å². The van der Waals surface area contributed by atoms with Crippen molar-refractivity contribution in [3.05, 3.63) is 95.5 Å². The number of pyridine rings is 1. The minimum absolute atomic E-state index is 0.0407. The number of hydrogen-bond acceptors (Lipinski definition) is 3. The SMILES string of the molecule is CC(C)(C)CC(=O)N1CCN(Cc2ccc(-c3cnc4c(c3)C(c3ccc5[nH]ccc5c3)=CC4)cc2)CC1. The molecule has 0 atom stereocenters. The number of rotatable bonds is 5. The van der Waals surface area contributed by atoms with E-state index in [0.717, 1.165) is 55.9 Å². The molecule has 1 amide bonds. The molecule has 1 fully saturated rings. The Kier molecular flexibility index (Phi) is 6.40. The van der Waals surface area contributed by atoms with E-state index in [1.165, 1.54) is 33.2 Å². The van der Waals surface area contributed by atoms with Gasteiger partial charge < -0.3 is 9.88 Å². The normalized spacial score (nSPS) is 16.1. The van der Waals surface area contributed by atoms with Crippen LogP contribution < -0.4 is 0 Å². The van der Waals surface area contributed by atoms with Crippen molar-refractivity contribution >= 4 is 22.4 Å². The summed E-state index contributed by atoms with van der Waals surface area (Å²) in [6.45, 7) is 10.8. The van der Waals surface area contributed by atoms with E-state index in [0.29, 0.717) is 6.42 Å². The molecule has 5 heteroatoms. The zero-order chi connectivity index (χ0) is 26.3. The molecule has 0 bridgehead atoms. The first-order valence-corrected chi connectivity index (χ1v) is 13.7. The lowest BCUT2D eigenvalue weighted by atomic mass is 9.91. The second-order valence-electron chi connectivity index (χ2n) is 11.9. The molecule has 2 aromatic carbocycles. The molecule has 2 aromatic heterocycles. The summed E-state index contributed by atoms with van der Waals surface area (Å²) in [4.78, 5) is 25.1. The van der Waals surface area contributed by atoms with Crippen molar-refractivity contribution in [2.24, 2.45) is 5.41 Å². The Hall–Kier alpha value is -3.70. The monoisotopic (exact) mass is 504 g/mol. The van der Waals surface area contributed by atoms with Crippen LogP contribution in [0.25, 0.3) is 27.6 Å². The molecule has 0 unspecified atom stereocenters. The van der Waals surface area contributed by atoms with Crippen molar-refractivity contribution in [2.75, 3.05) is 26.2 Å². The van der Waals surface area contributed by atoms with Gasteiger partial charge in [-0.15, -0.1) is 0 Å². The first kappa shape index (κ1) is 24.6. The molecule has 1 saturated heterocycles. The number of nitrogens with one attached hydrogen (secondary N) is 1. The molecule has 2 aliphatic rings. The Morgan fingerprint density at radius 1 is 0.921 bits per heavy atom. The van der Waals surface area contributed by atoms with Gasteiger partial charge in [0.2, 0.25) is 5.91 Å². The van der Waals surface area contributed by atoms with E-state index in [-0.39, 0.29) is 11.3 Å². The quantitative estimate of drug-likeness (QED) is 0.347. The molecular weight excluding hydrogens is 468 g/mol. The van der Waals surface area contributed by atoms with Crippen LogP contribution in [0, 0.1) is 5.41 Å². The van der Waals surface area contributed by atoms with E-state index in [1.807, 2.05) is 17.3 Å². The summed E-state index contributed by atoms with van der Waals surface area (Å²) < 4.78 is 0. The minimum atomic E-state index is 0.0407. The van der Waals surface area contributed by atoms with Crippen LogP contribution in [-0.4, -0.2) is 51.9 Å². The largest absolute Gasteiger partial charge is 0.361 e. The van der Waals surface area contributed by atoms with Crippen LogP contribution in [0.4, 0.5) is 0 Å². The molecule has 1 N–H and O–H groups in total. The highest BCUT2D eigenvalue weighted by molar-refractivity contribution is 5.91. The van der Waals surface area contributed by atoms with E-state index in [2.05, 4.69) is 91.3 Å². The maximum absolute atomic E-state index is 12.6. The fraction of sp³-hybridized carbons (Fsp3) is 0.333. The lowest BCUT2D eigenvalue weighted by molar-refractivity contribution is -0.134. The van der Waals surface area contributed by atoms with Gasteiger partial charge in [-0.2, -0.15) is 0 Å². The number of piperazine rings is 1. The number of H-pyrrole nitrogens is 1. The molecule has 5 nitrogen and oxygen atoms in total. The Morgan fingerprint density at radius 3 is 2.45 bits per heavy atom. The lowest BCUT2D eigenvalue weighted by Gasteiger charge is -2.36. The van der Waals surface area contributed by atoms with Gasteiger partial charge in [0.25, 0.3) is 0 Å². The lowest BCUT2D eigenvalue weighted by Crippen LogP contribution is -2.48. The number of aromatic amines is 1. The molecule has 0 radical (unpaired) electrons. The maximum atomic E-state index is 12.6. The first-order chi connectivity index (χ1) is 18.3. The molecule has 1 aliphatic carbocycles. The van der Waals surface area contributed by atoms with Gasteiger partial charge in [-0.3, -0.25) is 14.7 Å². The average molecular weight is 505 g/mol. The molecule has 194 valence electrons. The highest BCUT2D eigenvalue weighted by atomic mass is 16.2.